The average Bonchev–Trinajstić information content (AvgIpc) is 3.12. The summed E-state index contributed by atoms with van der Waals surface area (Å²) < 4.78 is 12.7. The minimum absolute atomic E-state index is 0.335. The summed E-state index contributed by atoms with van der Waals surface area (Å²) in [5, 5.41) is 4.47. The molecule has 0 radical (unpaired) electrons. The number of benzene rings is 2. The van der Waals surface area contributed by atoms with E-state index in [1.165, 1.54) is 0 Å². The van der Waals surface area contributed by atoms with E-state index in [9.17, 15) is 4.79 Å². The van der Waals surface area contributed by atoms with E-state index in [0.29, 0.717) is 12.3 Å². The lowest BCUT2D eigenvalue weighted by atomic mass is 10.2. The molecule has 0 atom stereocenters. The largest absolute Gasteiger partial charge is 0.461 e. The molecule has 2 aromatic carbocycles. The zero-order valence-electron chi connectivity index (χ0n) is 15.7. The van der Waals surface area contributed by atoms with Gasteiger partial charge in [-0.15, -0.1) is 0 Å². The highest BCUT2D eigenvalue weighted by molar-refractivity contribution is 5.87. The second-order valence-corrected chi connectivity index (χ2v) is 6.17. The fraction of sp³-hybridized carbons (Fsp3) is 0.273. The number of rotatable bonds is 8. The van der Waals surface area contributed by atoms with Gasteiger partial charge in [0.25, 0.3) is 0 Å². The second-order valence-electron chi connectivity index (χ2n) is 6.17. The van der Waals surface area contributed by atoms with E-state index in [4.69, 9.17) is 9.47 Å². The lowest BCUT2D eigenvalue weighted by Gasteiger charge is -2.09. The van der Waals surface area contributed by atoms with Gasteiger partial charge in [-0.2, -0.15) is 5.10 Å². The molecular weight excluding hydrogens is 340 g/mol. The highest BCUT2D eigenvalue weighted by Crippen LogP contribution is 2.23. The van der Waals surface area contributed by atoms with E-state index >= 15 is 0 Å². The van der Waals surface area contributed by atoms with Crippen molar-refractivity contribution in [3.05, 3.63) is 72.1 Å². The summed E-state index contributed by atoms with van der Waals surface area (Å²) >= 11 is 0. The van der Waals surface area contributed by atoms with E-state index in [1.54, 1.807) is 6.92 Å². The van der Waals surface area contributed by atoms with Crippen molar-refractivity contribution in [1.29, 1.82) is 0 Å². The first kappa shape index (κ1) is 18.7. The van der Waals surface area contributed by atoms with Crippen LogP contribution in [0.15, 0.2) is 60.7 Å². The maximum absolute atomic E-state index is 12.1. The van der Waals surface area contributed by atoms with Gasteiger partial charge in [-0.25, -0.2) is 9.48 Å². The van der Waals surface area contributed by atoms with Crippen LogP contribution in [0.1, 0.15) is 42.9 Å². The van der Waals surface area contributed by atoms with Crippen molar-refractivity contribution in [1.82, 2.24) is 9.78 Å². The molecule has 0 amide bonds. The van der Waals surface area contributed by atoms with Crippen LogP contribution in [-0.4, -0.2) is 22.4 Å². The van der Waals surface area contributed by atoms with Crippen molar-refractivity contribution in [3.8, 4) is 17.2 Å². The molecule has 0 spiro atoms. The predicted molar refractivity (Wildman–Crippen MR) is 105 cm³/mol. The molecule has 1 heterocycles. The topological polar surface area (TPSA) is 53.3 Å². The Morgan fingerprint density at radius 1 is 1.00 bits per heavy atom. The van der Waals surface area contributed by atoms with E-state index in [0.717, 1.165) is 42.1 Å². The van der Waals surface area contributed by atoms with E-state index in [2.05, 4.69) is 12.0 Å². The SMILES string of the molecule is CCCCc1cc(C(=O)OCC)nn1-c1ccc(Oc2ccccc2)cc1. The average molecular weight is 364 g/mol. The summed E-state index contributed by atoms with van der Waals surface area (Å²) in [6.07, 6.45) is 2.96. The van der Waals surface area contributed by atoms with Crippen LogP contribution in [-0.2, 0) is 11.2 Å². The molecule has 5 heteroatoms. The van der Waals surface area contributed by atoms with Gasteiger partial charge in [-0.3, -0.25) is 0 Å². The van der Waals surface area contributed by atoms with Crippen molar-refractivity contribution >= 4 is 5.97 Å². The summed E-state index contributed by atoms with van der Waals surface area (Å²) in [7, 11) is 0. The first-order valence-corrected chi connectivity index (χ1v) is 9.30. The Morgan fingerprint density at radius 2 is 1.70 bits per heavy atom. The molecule has 0 aliphatic carbocycles. The van der Waals surface area contributed by atoms with Gasteiger partial charge < -0.3 is 9.47 Å². The van der Waals surface area contributed by atoms with Crippen molar-refractivity contribution < 1.29 is 14.3 Å². The number of carbonyl (C=O) groups excluding carboxylic acids is 1. The molecule has 0 aliphatic heterocycles. The van der Waals surface area contributed by atoms with Crippen LogP contribution < -0.4 is 4.74 Å². The summed E-state index contributed by atoms with van der Waals surface area (Å²) in [5.74, 6) is 1.15. The van der Waals surface area contributed by atoms with Crippen molar-refractivity contribution in [2.24, 2.45) is 0 Å². The number of aromatic nitrogens is 2. The van der Waals surface area contributed by atoms with Crippen LogP contribution in [0.5, 0.6) is 11.5 Å². The van der Waals surface area contributed by atoms with E-state index in [1.807, 2.05) is 65.3 Å². The van der Waals surface area contributed by atoms with Crippen LogP contribution in [0.25, 0.3) is 5.69 Å². The summed E-state index contributed by atoms with van der Waals surface area (Å²) in [4.78, 5) is 12.1. The predicted octanol–water partition coefficient (Wildman–Crippen LogP) is 5.18. The Bertz CT molecular complexity index is 870. The number of hydrogen-bond donors (Lipinski definition) is 0. The first-order chi connectivity index (χ1) is 13.2. The monoisotopic (exact) mass is 364 g/mol. The Hall–Kier alpha value is -3.08. The number of unbranched alkanes of at least 4 members (excludes halogenated alkanes) is 1. The zero-order chi connectivity index (χ0) is 19.1. The number of hydrogen-bond acceptors (Lipinski definition) is 4. The van der Waals surface area contributed by atoms with Gasteiger partial charge in [0, 0.05) is 5.69 Å². The molecule has 0 N–H and O–H groups in total. The second kappa shape index (κ2) is 9.03. The van der Waals surface area contributed by atoms with Crippen molar-refractivity contribution in [2.45, 2.75) is 33.1 Å². The highest BCUT2D eigenvalue weighted by Gasteiger charge is 2.16. The number of ether oxygens (including phenoxy) is 2. The number of nitrogens with zero attached hydrogens (tertiary/aromatic N) is 2. The van der Waals surface area contributed by atoms with E-state index in [-0.39, 0.29) is 0 Å². The third-order valence-electron chi connectivity index (χ3n) is 4.11. The fourth-order valence-electron chi connectivity index (χ4n) is 2.76. The normalized spacial score (nSPS) is 10.6. The Morgan fingerprint density at radius 3 is 2.37 bits per heavy atom. The quantitative estimate of drug-likeness (QED) is 0.517. The molecule has 0 aliphatic rings. The van der Waals surface area contributed by atoms with Crippen LogP contribution in [0.3, 0.4) is 0 Å². The van der Waals surface area contributed by atoms with Gasteiger partial charge in [0.05, 0.1) is 12.3 Å². The van der Waals surface area contributed by atoms with Crippen LogP contribution >= 0.6 is 0 Å². The third-order valence-corrected chi connectivity index (χ3v) is 4.11. The molecular formula is C22H24N2O3. The number of para-hydroxylation sites is 1. The van der Waals surface area contributed by atoms with Crippen molar-refractivity contribution in [3.63, 3.8) is 0 Å². The standard InChI is InChI=1S/C22H24N2O3/c1-3-5-9-18-16-21(22(25)26-4-2)23-24(18)17-12-14-20(15-13-17)27-19-10-7-6-8-11-19/h6-8,10-16H,3-5,9H2,1-2H3. The Balaban J connectivity index is 1.84. The molecule has 3 rings (SSSR count). The van der Waals surface area contributed by atoms with Crippen molar-refractivity contribution in [2.75, 3.05) is 6.61 Å². The number of esters is 1. The lowest BCUT2D eigenvalue weighted by molar-refractivity contribution is 0.0519. The molecule has 0 bridgehead atoms. The molecule has 0 saturated heterocycles. The van der Waals surface area contributed by atoms with Gasteiger partial charge in [0.2, 0.25) is 0 Å². The molecule has 0 saturated carbocycles. The van der Waals surface area contributed by atoms with Crippen LogP contribution in [0, 0.1) is 0 Å². The molecule has 3 aromatic rings. The lowest BCUT2D eigenvalue weighted by Crippen LogP contribution is -2.07. The van der Waals surface area contributed by atoms with Gasteiger partial charge in [0.15, 0.2) is 5.69 Å². The Labute approximate surface area is 159 Å². The summed E-state index contributed by atoms with van der Waals surface area (Å²) in [5.41, 5.74) is 2.22. The van der Waals surface area contributed by atoms with Gasteiger partial charge in [0.1, 0.15) is 11.5 Å². The first-order valence-electron chi connectivity index (χ1n) is 9.30. The van der Waals surface area contributed by atoms with Gasteiger partial charge in [-0.05, 0) is 62.2 Å². The maximum atomic E-state index is 12.1. The van der Waals surface area contributed by atoms with Gasteiger partial charge >= 0.3 is 5.97 Å². The van der Waals surface area contributed by atoms with Crippen LogP contribution in [0.2, 0.25) is 0 Å². The molecule has 5 nitrogen and oxygen atoms in total. The molecule has 0 fully saturated rings. The molecule has 27 heavy (non-hydrogen) atoms. The number of aryl methyl sites for hydroxylation is 1. The minimum Gasteiger partial charge on any atom is -0.461 e. The highest BCUT2D eigenvalue weighted by atomic mass is 16.5. The fourth-order valence-corrected chi connectivity index (χ4v) is 2.76. The summed E-state index contributed by atoms with van der Waals surface area (Å²) in [6.45, 7) is 4.27. The van der Waals surface area contributed by atoms with Crippen LogP contribution in [0.4, 0.5) is 0 Å². The van der Waals surface area contributed by atoms with Gasteiger partial charge in [-0.1, -0.05) is 31.5 Å². The molecule has 1 aromatic heterocycles. The third kappa shape index (κ3) is 4.76. The Kier molecular flexibility index (Phi) is 6.26. The zero-order valence-corrected chi connectivity index (χ0v) is 15.7. The summed E-state index contributed by atoms with van der Waals surface area (Å²) in [6, 6.07) is 19.1. The molecule has 0 unspecified atom stereocenters. The van der Waals surface area contributed by atoms with E-state index < -0.39 is 5.97 Å². The molecule has 140 valence electrons. The smallest absolute Gasteiger partial charge is 0.358 e. The number of carbonyl (C=O) groups is 1. The minimum atomic E-state index is -0.391. The maximum Gasteiger partial charge on any atom is 0.358 e.